The molecule has 31 heavy (non-hydrogen) atoms. The molecule has 1 saturated heterocycles. The summed E-state index contributed by atoms with van der Waals surface area (Å²) in [6.45, 7) is 9.24. The summed E-state index contributed by atoms with van der Waals surface area (Å²) in [5, 5.41) is 0. The minimum Gasteiger partial charge on any atom is -0.353 e. The predicted octanol–water partition coefficient (Wildman–Crippen LogP) is 2.19. The Morgan fingerprint density at radius 3 is 2.39 bits per heavy atom. The van der Waals surface area contributed by atoms with Gasteiger partial charge in [0.25, 0.3) is 5.91 Å². The zero-order chi connectivity index (χ0) is 22.3. The van der Waals surface area contributed by atoms with E-state index in [1.54, 1.807) is 12.1 Å². The third-order valence-corrected chi connectivity index (χ3v) is 7.02. The van der Waals surface area contributed by atoms with Crippen molar-refractivity contribution in [2.24, 2.45) is 0 Å². The molecule has 1 fully saturated rings. The highest BCUT2D eigenvalue weighted by atomic mass is 32.2. The first-order valence-electron chi connectivity index (χ1n) is 10.6. The standard InChI is InChI=1S/C22H29N5O3S/c1-15(2)21-23-16(3)13-20(24-21)25-9-11-26(12-10-25)22(28)18-5-6-19-17(14-18)7-8-27(19)31(4,29)30/h5-6,13-15H,7-12H2,1-4H3. The van der Waals surface area contributed by atoms with Crippen molar-refractivity contribution in [1.29, 1.82) is 0 Å². The van der Waals surface area contributed by atoms with Gasteiger partial charge in [0.2, 0.25) is 10.0 Å². The molecule has 0 N–H and O–H groups in total. The molecule has 8 nitrogen and oxygen atoms in total. The fourth-order valence-corrected chi connectivity index (χ4v) is 5.12. The SMILES string of the molecule is Cc1cc(N2CCN(C(=O)c3ccc4c(c3)CCN4S(C)(=O)=O)CC2)nc(C(C)C)n1. The van der Waals surface area contributed by atoms with Crippen LogP contribution in [0.4, 0.5) is 11.5 Å². The number of hydrogen-bond acceptors (Lipinski definition) is 6. The smallest absolute Gasteiger partial charge is 0.253 e. The first kappa shape index (κ1) is 21.5. The van der Waals surface area contributed by atoms with Crippen LogP contribution in [0.15, 0.2) is 24.3 Å². The maximum Gasteiger partial charge on any atom is 0.253 e. The Hall–Kier alpha value is -2.68. The quantitative estimate of drug-likeness (QED) is 0.720. The number of aromatic nitrogens is 2. The van der Waals surface area contributed by atoms with Gasteiger partial charge in [0.15, 0.2) is 0 Å². The number of carbonyl (C=O) groups is 1. The monoisotopic (exact) mass is 443 g/mol. The van der Waals surface area contributed by atoms with Gasteiger partial charge in [-0.2, -0.15) is 0 Å². The highest BCUT2D eigenvalue weighted by Gasteiger charge is 2.28. The van der Waals surface area contributed by atoms with Gasteiger partial charge in [0, 0.05) is 56.0 Å². The third-order valence-electron chi connectivity index (χ3n) is 5.84. The molecule has 4 rings (SSSR count). The predicted molar refractivity (Wildman–Crippen MR) is 121 cm³/mol. The average molecular weight is 444 g/mol. The van der Waals surface area contributed by atoms with Gasteiger partial charge in [0.1, 0.15) is 11.6 Å². The van der Waals surface area contributed by atoms with Crippen LogP contribution >= 0.6 is 0 Å². The molecule has 1 aromatic carbocycles. The molecule has 166 valence electrons. The van der Waals surface area contributed by atoms with Crippen LogP contribution in [0.5, 0.6) is 0 Å². The zero-order valence-electron chi connectivity index (χ0n) is 18.5. The first-order chi connectivity index (χ1) is 14.6. The van der Waals surface area contributed by atoms with Gasteiger partial charge in [-0.15, -0.1) is 0 Å². The zero-order valence-corrected chi connectivity index (χ0v) is 19.3. The van der Waals surface area contributed by atoms with Gasteiger partial charge in [-0.25, -0.2) is 18.4 Å². The molecule has 3 heterocycles. The van der Waals surface area contributed by atoms with Crippen LogP contribution in [0, 0.1) is 6.92 Å². The van der Waals surface area contributed by atoms with E-state index in [1.807, 2.05) is 24.0 Å². The number of hydrogen-bond donors (Lipinski definition) is 0. The van der Waals surface area contributed by atoms with Crippen molar-refractivity contribution in [3.05, 3.63) is 46.9 Å². The first-order valence-corrected chi connectivity index (χ1v) is 12.5. The number of carbonyl (C=O) groups excluding carboxylic acids is 1. The molecule has 0 bridgehead atoms. The molecule has 0 unspecified atom stereocenters. The van der Waals surface area contributed by atoms with Gasteiger partial charge in [-0.1, -0.05) is 13.8 Å². The summed E-state index contributed by atoms with van der Waals surface area (Å²) in [5.74, 6) is 2.01. The van der Waals surface area contributed by atoms with Crippen molar-refractivity contribution in [2.45, 2.75) is 33.1 Å². The normalized spacial score (nSPS) is 16.7. The lowest BCUT2D eigenvalue weighted by molar-refractivity contribution is 0.0746. The van der Waals surface area contributed by atoms with E-state index >= 15 is 0 Å². The van der Waals surface area contributed by atoms with Crippen LogP contribution < -0.4 is 9.21 Å². The van der Waals surface area contributed by atoms with Crippen LogP contribution in [0.1, 0.15) is 47.2 Å². The lowest BCUT2D eigenvalue weighted by atomic mass is 10.1. The second kappa shape index (κ2) is 8.11. The summed E-state index contributed by atoms with van der Waals surface area (Å²) < 4.78 is 25.3. The summed E-state index contributed by atoms with van der Waals surface area (Å²) >= 11 is 0. The topological polar surface area (TPSA) is 86.7 Å². The number of aryl methyl sites for hydroxylation is 1. The summed E-state index contributed by atoms with van der Waals surface area (Å²) in [6, 6.07) is 7.33. The number of fused-ring (bicyclic) bond motifs is 1. The molecule has 0 atom stereocenters. The number of rotatable bonds is 4. The Morgan fingerprint density at radius 2 is 1.74 bits per heavy atom. The lowest BCUT2D eigenvalue weighted by Crippen LogP contribution is -2.49. The largest absolute Gasteiger partial charge is 0.353 e. The second-order valence-corrected chi connectivity index (χ2v) is 10.5. The van der Waals surface area contributed by atoms with Gasteiger partial charge in [-0.05, 0) is 37.1 Å². The van der Waals surface area contributed by atoms with Crippen molar-refractivity contribution >= 4 is 27.4 Å². The van der Waals surface area contributed by atoms with E-state index in [0.717, 1.165) is 22.9 Å². The maximum atomic E-state index is 13.1. The summed E-state index contributed by atoms with van der Waals surface area (Å²) in [7, 11) is -3.29. The highest BCUT2D eigenvalue weighted by molar-refractivity contribution is 7.92. The van der Waals surface area contributed by atoms with E-state index in [1.165, 1.54) is 10.6 Å². The molecule has 0 aliphatic carbocycles. The van der Waals surface area contributed by atoms with Gasteiger partial charge in [-0.3, -0.25) is 9.10 Å². The average Bonchev–Trinajstić information content (AvgIpc) is 3.16. The molecular weight excluding hydrogens is 414 g/mol. The van der Waals surface area contributed by atoms with Crippen molar-refractivity contribution in [3.63, 3.8) is 0 Å². The van der Waals surface area contributed by atoms with Crippen LogP contribution in [0.3, 0.4) is 0 Å². The number of sulfonamides is 1. The number of nitrogens with zero attached hydrogens (tertiary/aromatic N) is 5. The summed E-state index contributed by atoms with van der Waals surface area (Å²) in [6.07, 6.45) is 1.84. The third kappa shape index (κ3) is 4.37. The van der Waals surface area contributed by atoms with E-state index in [4.69, 9.17) is 4.98 Å². The van der Waals surface area contributed by atoms with E-state index < -0.39 is 10.0 Å². The van der Waals surface area contributed by atoms with E-state index in [2.05, 4.69) is 23.7 Å². The van der Waals surface area contributed by atoms with Gasteiger partial charge in [0.05, 0.1) is 11.9 Å². The second-order valence-electron chi connectivity index (χ2n) is 8.59. The van der Waals surface area contributed by atoms with Crippen LogP contribution in [0.25, 0.3) is 0 Å². The number of piperazine rings is 1. The fourth-order valence-electron chi connectivity index (χ4n) is 4.16. The molecule has 2 aliphatic heterocycles. The van der Waals surface area contributed by atoms with Gasteiger partial charge < -0.3 is 9.80 Å². The molecule has 1 amide bonds. The van der Waals surface area contributed by atoms with Crippen molar-refractivity contribution < 1.29 is 13.2 Å². The molecule has 2 aliphatic rings. The van der Waals surface area contributed by atoms with Crippen molar-refractivity contribution in [1.82, 2.24) is 14.9 Å². The molecule has 1 aromatic heterocycles. The van der Waals surface area contributed by atoms with E-state index in [0.29, 0.717) is 50.4 Å². The van der Waals surface area contributed by atoms with Crippen molar-refractivity contribution in [3.8, 4) is 0 Å². The lowest BCUT2D eigenvalue weighted by Gasteiger charge is -2.35. The molecule has 0 saturated carbocycles. The minimum atomic E-state index is -3.29. The number of benzene rings is 1. The molecule has 0 radical (unpaired) electrons. The molecular formula is C22H29N5O3S. The Morgan fingerprint density at radius 1 is 1.03 bits per heavy atom. The molecule has 0 spiro atoms. The van der Waals surface area contributed by atoms with E-state index in [9.17, 15) is 13.2 Å². The number of anilines is 2. The van der Waals surface area contributed by atoms with Crippen LogP contribution in [-0.4, -0.2) is 68.2 Å². The molecule has 9 heteroatoms. The Labute approximate surface area is 183 Å². The van der Waals surface area contributed by atoms with E-state index in [-0.39, 0.29) is 11.8 Å². The minimum absolute atomic E-state index is 0.0120. The maximum absolute atomic E-state index is 13.1. The summed E-state index contributed by atoms with van der Waals surface area (Å²) in [5.41, 5.74) is 3.16. The Balaban J connectivity index is 1.45. The summed E-state index contributed by atoms with van der Waals surface area (Å²) in [4.78, 5) is 26.4. The van der Waals surface area contributed by atoms with Crippen LogP contribution in [0.2, 0.25) is 0 Å². The van der Waals surface area contributed by atoms with Crippen LogP contribution in [-0.2, 0) is 16.4 Å². The number of amides is 1. The Bertz CT molecular complexity index is 1110. The Kier molecular flexibility index (Phi) is 5.63. The highest BCUT2D eigenvalue weighted by Crippen LogP contribution is 2.31. The van der Waals surface area contributed by atoms with Crippen molar-refractivity contribution in [2.75, 3.05) is 48.2 Å². The molecule has 2 aromatic rings. The fraction of sp³-hybridized carbons (Fsp3) is 0.500. The van der Waals surface area contributed by atoms with Gasteiger partial charge >= 0.3 is 0 Å².